The van der Waals surface area contributed by atoms with Gasteiger partial charge >= 0.3 is 6.03 Å². The van der Waals surface area contributed by atoms with Crippen LogP contribution in [-0.2, 0) is 11.3 Å². The van der Waals surface area contributed by atoms with Crippen LogP contribution in [-0.4, -0.2) is 51.5 Å². The minimum Gasteiger partial charge on any atom is -0.352 e. The molecule has 2 aromatic rings. The molecule has 2 N–H and O–H groups in total. The minimum atomic E-state index is -0.834. The number of carbonyl (C=O) groups excluding carboxylic acids is 2. The van der Waals surface area contributed by atoms with Crippen molar-refractivity contribution < 1.29 is 14.0 Å². The molecule has 0 saturated carbocycles. The summed E-state index contributed by atoms with van der Waals surface area (Å²) in [4.78, 5) is 26.1. The molecule has 1 aromatic heterocycles. The number of benzene rings is 1. The molecule has 8 nitrogen and oxygen atoms in total. The first-order valence-electron chi connectivity index (χ1n) is 8.07. The molecule has 0 radical (unpaired) electrons. The van der Waals surface area contributed by atoms with Crippen molar-refractivity contribution in [2.24, 2.45) is 0 Å². The lowest BCUT2D eigenvalue weighted by Crippen LogP contribution is -2.55. The molecule has 2 heterocycles. The molecule has 132 valence electrons. The largest absolute Gasteiger partial charge is 0.352 e. The van der Waals surface area contributed by atoms with E-state index < -0.39 is 11.9 Å². The Bertz CT molecular complexity index is 736. The zero-order valence-corrected chi connectivity index (χ0v) is 13.6. The van der Waals surface area contributed by atoms with Gasteiger partial charge in [0.15, 0.2) is 0 Å². The monoisotopic (exact) mass is 346 g/mol. The van der Waals surface area contributed by atoms with Crippen molar-refractivity contribution in [3.05, 3.63) is 48.0 Å². The van der Waals surface area contributed by atoms with Crippen LogP contribution in [0.5, 0.6) is 0 Å². The Morgan fingerprint density at radius 2 is 2.32 bits per heavy atom. The molecule has 1 aliphatic rings. The summed E-state index contributed by atoms with van der Waals surface area (Å²) in [5.74, 6) is -0.751. The maximum atomic E-state index is 13.5. The van der Waals surface area contributed by atoms with Gasteiger partial charge in [0.25, 0.3) is 0 Å². The third kappa shape index (κ3) is 4.11. The average molecular weight is 346 g/mol. The summed E-state index contributed by atoms with van der Waals surface area (Å²) >= 11 is 0. The van der Waals surface area contributed by atoms with Gasteiger partial charge in [0.1, 0.15) is 11.9 Å². The normalized spacial score (nSPS) is 17.2. The Kier molecular flexibility index (Phi) is 5.22. The van der Waals surface area contributed by atoms with Gasteiger partial charge in [-0.05, 0) is 24.1 Å². The first-order chi connectivity index (χ1) is 12.1. The number of aryl methyl sites for hydroxylation is 1. The molecule has 0 bridgehead atoms. The molecule has 1 aliphatic heterocycles. The van der Waals surface area contributed by atoms with E-state index in [-0.39, 0.29) is 11.9 Å². The fraction of sp³-hybridized carbons (Fsp3) is 0.375. The first kappa shape index (κ1) is 16.9. The number of aromatic nitrogens is 3. The second-order valence-corrected chi connectivity index (χ2v) is 5.69. The number of halogens is 1. The molecule has 1 saturated heterocycles. The molecule has 1 atom stereocenters. The lowest BCUT2D eigenvalue weighted by Gasteiger charge is -2.35. The lowest BCUT2D eigenvalue weighted by atomic mass is 10.0. The highest BCUT2D eigenvalue weighted by atomic mass is 19.1. The summed E-state index contributed by atoms with van der Waals surface area (Å²) < 4.78 is 15.2. The topological polar surface area (TPSA) is 92.2 Å². The highest BCUT2D eigenvalue weighted by Gasteiger charge is 2.34. The molecule has 9 heteroatoms. The zero-order valence-electron chi connectivity index (χ0n) is 13.6. The summed E-state index contributed by atoms with van der Waals surface area (Å²) in [6, 6.07) is 4.58. The third-order valence-corrected chi connectivity index (χ3v) is 3.95. The van der Waals surface area contributed by atoms with Gasteiger partial charge in [-0.2, -0.15) is 0 Å². The second-order valence-electron chi connectivity index (χ2n) is 5.69. The summed E-state index contributed by atoms with van der Waals surface area (Å²) in [5, 5.41) is 13.1. The fourth-order valence-corrected chi connectivity index (χ4v) is 2.78. The van der Waals surface area contributed by atoms with Crippen molar-refractivity contribution >= 4 is 11.9 Å². The molecule has 0 spiro atoms. The van der Waals surface area contributed by atoms with Gasteiger partial charge < -0.3 is 15.5 Å². The standard InChI is InChI=1S/C16H19FN6O2/c17-13-4-1-3-12(11-13)14-15(24)18-6-10-23(14)16(25)19-5-2-8-22-9-7-20-21-22/h1,3-4,7,9,11,14H,2,5-6,8,10H2,(H,18,24)(H,19,25)/t14-/m0/s1. The number of hydrogen-bond acceptors (Lipinski definition) is 4. The fourth-order valence-electron chi connectivity index (χ4n) is 2.78. The van der Waals surface area contributed by atoms with E-state index in [2.05, 4.69) is 20.9 Å². The molecule has 3 amide bonds. The van der Waals surface area contributed by atoms with Crippen LogP contribution in [0, 0.1) is 5.82 Å². The number of nitrogens with one attached hydrogen (secondary N) is 2. The Morgan fingerprint density at radius 1 is 1.44 bits per heavy atom. The van der Waals surface area contributed by atoms with Gasteiger partial charge in [-0.15, -0.1) is 5.10 Å². The van der Waals surface area contributed by atoms with Gasteiger partial charge in [-0.1, -0.05) is 17.3 Å². The third-order valence-electron chi connectivity index (χ3n) is 3.95. The predicted octanol–water partition coefficient (Wildman–Crippen LogP) is 0.690. The van der Waals surface area contributed by atoms with Crippen LogP contribution >= 0.6 is 0 Å². The summed E-state index contributed by atoms with van der Waals surface area (Å²) in [7, 11) is 0. The van der Waals surface area contributed by atoms with Crippen molar-refractivity contribution in [2.75, 3.05) is 19.6 Å². The van der Waals surface area contributed by atoms with E-state index in [0.717, 1.165) is 0 Å². The summed E-state index contributed by atoms with van der Waals surface area (Å²) in [5.41, 5.74) is 0.454. The quantitative estimate of drug-likeness (QED) is 0.779. The Labute approximate surface area is 144 Å². The van der Waals surface area contributed by atoms with Crippen LogP contribution in [0.3, 0.4) is 0 Å². The van der Waals surface area contributed by atoms with E-state index in [0.29, 0.717) is 38.2 Å². The van der Waals surface area contributed by atoms with Crippen molar-refractivity contribution in [3.8, 4) is 0 Å². The van der Waals surface area contributed by atoms with E-state index in [1.165, 1.54) is 23.1 Å². The van der Waals surface area contributed by atoms with Crippen LogP contribution in [0.1, 0.15) is 18.0 Å². The molecular weight excluding hydrogens is 327 g/mol. The van der Waals surface area contributed by atoms with Crippen LogP contribution in [0.2, 0.25) is 0 Å². The molecule has 3 rings (SSSR count). The predicted molar refractivity (Wildman–Crippen MR) is 86.9 cm³/mol. The molecular formula is C16H19FN6O2. The number of piperazine rings is 1. The van der Waals surface area contributed by atoms with Gasteiger partial charge in [0, 0.05) is 32.4 Å². The van der Waals surface area contributed by atoms with Crippen molar-refractivity contribution in [2.45, 2.75) is 19.0 Å². The average Bonchev–Trinajstić information content (AvgIpc) is 3.11. The number of hydrogen-bond donors (Lipinski definition) is 2. The molecule has 0 aliphatic carbocycles. The number of urea groups is 1. The molecule has 1 aromatic carbocycles. The van der Waals surface area contributed by atoms with Gasteiger partial charge in [0.05, 0.1) is 6.20 Å². The van der Waals surface area contributed by atoms with E-state index in [9.17, 15) is 14.0 Å². The summed E-state index contributed by atoms with van der Waals surface area (Å²) in [6.45, 7) is 1.81. The van der Waals surface area contributed by atoms with E-state index >= 15 is 0 Å². The Balaban J connectivity index is 1.61. The van der Waals surface area contributed by atoms with E-state index in [1.807, 2.05) is 0 Å². The number of carbonyl (C=O) groups is 2. The van der Waals surface area contributed by atoms with E-state index in [4.69, 9.17) is 0 Å². The summed E-state index contributed by atoms with van der Waals surface area (Å²) in [6.07, 6.45) is 4.02. The number of rotatable bonds is 5. The number of nitrogens with zero attached hydrogens (tertiary/aromatic N) is 4. The first-order valence-corrected chi connectivity index (χ1v) is 8.07. The lowest BCUT2D eigenvalue weighted by molar-refractivity contribution is -0.127. The van der Waals surface area contributed by atoms with Crippen LogP contribution in [0.25, 0.3) is 0 Å². The van der Waals surface area contributed by atoms with Crippen molar-refractivity contribution in [1.29, 1.82) is 0 Å². The minimum absolute atomic E-state index is 0.311. The van der Waals surface area contributed by atoms with Crippen LogP contribution < -0.4 is 10.6 Å². The Morgan fingerprint density at radius 3 is 3.08 bits per heavy atom. The highest BCUT2D eigenvalue weighted by molar-refractivity contribution is 5.89. The van der Waals surface area contributed by atoms with Gasteiger partial charge in [0.2, 0.25) is 5.91 Å². The second kappa shape index (κ2) is 7.73. The van der Waals surface area contributed by atoms with Crippen molar-refractivity contribution in [3.63, 3.8) is 0 Å². The Hall–Kier alpha value is -2.97. The van der Waals surface area contributed by atoms with Crippen LogP contribution in [0.15, 0.2) is 36.7 Å². The van der Waals surface area contributed by atoms with E-state index in [1.54, 1.807) is 23.1 Å². The number of amides is 3. The van der Waals surface area contributed by atoms with Gasteiger partial charge in [-0.25, -0.2) is 9.18 Å². The maximum absolute atomic E-state index is 13.5. The van der Waals surface area contributed by atoms with Gasteiger partial charge in [-0.3, -0.25) is 9.48 Å². The zero-order chi connectivity index (χ0) is 17.6. The maximum Gasteiger partial charge on any atom is 0.318 e. The smallest absolute Gasteiger partial charge is 0.318 e. The molecule has 0 unspecified atom stereocenters. The van der Waals surface area contributed by atoms with Crippen molar-refractivity contribution in [1.82, 2.24) is 30.5 Å². The SMILES string of the molecule is O=C1NCCN(C(=O)NCCCn2ccnn2)[C@H]1c1cccc(F)c1. The molecule has 1 fully saturated rings. The molecule has 25 heavy (non-hydrogen) atoms. The van der Waals surface area contributed by atoms with Crippen LogP contribution in [0.4, 0.5) is 9.18 Å². The highest BCUT2D eigenvalue weighted by Crippen LogP contribution is 2.23.